The van der Waals surface area contributed by atoms with Crippen molar-refractivity contribution in [3.8, 4) is 11.1 Å². The Morgan fingerprint density at radius 3 is 2.36 bits per heavy atom. The summed E-state index contributed by atoms with van der Waals surface area (Å²) in [7, 11) is -4.01. The number of carboxylic acid groups (broad SMARTS) is 1. The predicted octanol–water partition coefficient (Wildman–Crippen LogP) is 4.35. The van der Waals surface area contributed by atoms with Crippen molar-refractivity contribution >= 4 is 27.7 Å². The van der Waals surface area contributed by atoms with Crippen molar-refractivity contribution in [2.24, 2.45) is 0 Å². The number of aliphatic carboxylic acids is 1. The van der Waals surface area contributed by atoms with Crippen LogP contribution < -0.4 is 15.4 Å². The second-order valence-electron chi connectivity index (χ2n) is 8.93. The minimum Gasteiger partial charge on any atom is -0.480 e. The smallest absolute Gasteiger partial charge is 0.322 e. The Morgan fingerprint density at radius 1 is 0.897 bits per heavy atom. The molecule has 1 atom stereocenters. The molecule has 0 saturated heterocycles. The van der Waals surface area contributed by atoms with Crippen LogP contribution >= 0.6 is 0 Å². The lowest BCUT2D eigenvalue weighted by atomic mass is 10.0. The molecule has 4 N–H and O–H groups in total. The zero-order valence-electron chi connectivity index (χ0n) is 21.2. The van der Waals surface area contributed by atoms with Gasteiger partial charge in [0.05, 0.1) is 4.90 Å². The second kappa shape index (κ2) is 12.3. The number of rotatable bonds is 10. The molecular formula is C29H28N4O5S. The van der Waals surface area contributed by atoms with Crippen molar-refractivity contribution in [3.05, 3.63) is 114 Å². The van der Waals surface area contributed by atoms with E-state index < -0.39 is 22.0 Å². The number of sulfonamides is 1. The lowest BCUT2D eigenvalue weighted by molar-refractivity contribution is -0.138. The van der Waals surface area contributed by atoms with Gasteiger partial charge in [0.15, 0.2) is 0 Å². The third-order valence-corrected chi connectivity index (χ3v) is 7.63. The highest BCUT2D eigenvalue weighted by molar-refractivity contribution is 7.89. The fourth-order valence-electron chi connectivity index (χ4n) is 3.99. The molecule has 3 aromatic carbocycles. The zero-order valence-corrected chi connectivity index (χ0v) is 22.0. The van der Waals surface area contributed by atoms with Crippen molar-refractivity contribution in [2.75, 3.05) is 5.32 Å². The van der Waals surface area contributed by atoms with Crippen molar-refractivity contribution < 1.29 is 23.1 Å². The van der Waals surface area contributed by atoms with E-state index in [9.17, 15) is 23.1 Å². The Morgan fingerprint density at radius 2 is 1.67 bits per heavy atom. The number of carbonyl (C=O) groups excluding carboxylic acids is 1. The van der Waals surface area contributed by atoms with Crippen molar-refractivity contribution in [3.63, 3.8) is 0 Å². The number of hydrogen-bond donors (Lipinski definition) is 4. The van der Waals surface area contributed by atoms with E-state index in [2.05, 4.69) is 20.3 Å². The summed E-state index contributed by atoms with van der Waals surface area (Å²) in [5.41, 5.74) is 4.38. The average molecular weight is 545 g/mol. The van der Waals surface area contributed by atoms with Gasteiger partial charge in [-0.3, -0.25) is 9.78 Å². The molecule has 4 aromatic rings. The maximum atomic E-state index is 12.8. The first-order valence-electron chi connectivity index (χ1n) is 12.2. The number of carbonyl (C=O) groups is 2. The van der Waals surface area contributed by atoms with E-state index in [4.69, 9.17) is 0 Å². The van der Waals surface area contributed by atoms with E-state index in [1.165, 1.54) is 6.07 Å². The van der Waals surface area contributed by atoms with Gasteiger partial charge in [0, 0.05) is 24.6 Å². The zero-order chi connectivity index (χ0) is 27.8. The summed E-state index contributed by atoms with van der Waals surface area (Å²) in [6.45, 7) is 2.00. The first-order chi connectivity index (χ1) is 18.7. The molecule has 10 heteroatoms. The van der Waals surface area contributed by atoms with E-state index in [-0.39, 0.29) is 17.3 Å². The number of carboxylic acids is 1. The number of nitrogens with zero attached hydrogens (tertiary/aromatic N) is 1. The minimum atomic E-state index is -4.01. The highest BCUT2D eigenvalue weighted by Crippen LogP contribution is 2.24. The molecular weight excluding hydrogens is 516 g/mol. The van der Waals surface area contributed by atoms with Gasteiger partial charge in [-0.25, -0.2) is 13.2 Å². The summed E-state index contributed by atoms with van der Waals surface area (Å²) in [5, 5.41) is 15.3. The number of nitrogens with one attached hydrogen (secondary N) is 3. The number of aryl methyl sites for hydroxylation is 1. The molecule has 9 nitrogen and oxygen atoms in total. The van der Waals surface area contributed by atoms with Crippen LogP contribution in [-0.4, -0.2) is 36.6 Å². The Labute approximate surface area is 227 Å². The number of pyridine rings is 1. The van der Waals surface area contributed by atoms with E-state index in [0.717, 1.165) is 16.7 Å². The molecule has 2 amide bonds. The Hall–Kier alpha value is -4.54. The van der Waals surface area contributed by atoms with Gasteiger partial charge in [-0.1, -0.05) is 60.7 Å². The molecule has 0 bridgehead atoms. The standard InChI is InChI=1S/C29H28N4O5S/c1-20-6-2-3-10-27(20)39(37,38)33-26(28(34)35)16-21-11-13-23(14-12-21)24-8-4-9-25(17-24)32-29(36)31-19-22-7-5-15-30-18-22/h2-15,17-18,26,33H,16,19H2,1H3,(H,34,35)(H2,31,32,36). The molecule has 0 aliphatic carbocycles. The Kier molecular flexibility index (Phi) is 8.70. The van der Waals surface area contributed by atoms with E-state index in [1.54, 1.807) is 61.8 Å². The molecule has 0 aliphatic heterocycles. The summed E-state index contributed by atoms with van der Waals surface area (Å²) in [4.78, 5) is 28.2. The van der Waals surface area contributed by atoms with Crippen LogP contribution in [0.3, 0.4) is 0 Å². The first kappa shape index (κ1) is 27.5. The van der Waals surface area contributed by atoms with Gasteiger partial charge in [0.2, 0.25) is 10.0 Å². The fourth-order valence-corrected chi connectivity index (χ4v) is 5.43. The lowest BCUT2D eigenvalue weighted by Crippen LogP contribution is -2.42. The quantitative estimate of drug-likeness (QED) is 0.234. The van der Waals surface area contributed by atoms with Crippen LogP contribution in [-0.2, 0) is 27.8 Å². The van der Waals surface area contributed by atoms with Crippen molar-refractivity contribution in [1.82, 2.24) is 15.0 Å². The maximum Gasteiger partial charge on any atom is 0.322 e. The highest BCUT2D eigenvalue weighted by Gasteiger charge is 2.26. The normalized spacial score (nSPS) is 11.9. The van der Waals surface area contributed by atoms with Crippen LogP contribution in [0, 0.1) is 6.92 Å². The summed E-state index contributed by atoms with van der Waals surface area (Å²) in [5.74, 6) is -1.27. The molecule has 39 heavy (non-hydrogen) atoms. The fraction of sp³-hybridized carbons (Fsp3) is 0.138. The third kappa shape index (κ3) is 7.50. The molecule has 0 fully saturated rings. The maximum absolute atomic E-state index is 12.8. The van der Waals surface area contributed by atoms with Crippen LogP contribution in [0.5, 0.6) is 0 Å². The summed E-state index contributed by atoms with van der Waals surface area (Å²) >= 11 is 0. The molecule has 0 saturated carbocycles. The molecule has 0 radical (unpaired) electrons. The summed E-state index contributed by atoms with van der Waals surface area (Å²) in [6.07, 6.45) is 3.32. The van der Waals surface area contributed by atoms with Gasteiger partial charge in [-0.15, -0.1) is 0 Å². The third-order valence-electron chi connectivity index (χ3n) is 6.00. The van der Waals surface area contributed by atoms with Crippen LogP contribution in [0.4, 0.5) is 10.5 Å². The van der Waals surface area contributed by atoms with E-state index in [0.29, 0.717) is 23.4 Å². The number of benzene rings is 3. The van der Waals surface area contributed by atoms with Crippen LogP contribution in [0.1, 0.15) is 16.7 Å². The minimum absolute atomic E-state index is 0.0283. The molecule has 1 heterocycles. The highest BCUT2D eigenvalue weighted by atomic mass is 32.2. The lowest BCUT2D eigenvalue weighted by Gasteiger charge is -2.16. The largest absolute Gasteiger partial charge is 0.480 e. The average Bonchev–Trinajstić information content (AvgIpc) is 2.93. The van der Waals surface area contributed by atoms with Gasteiger partial charge in [-0.05, 0) is 65.4 Å². The van der Waals surface area contributed by atoms with E-state index in [1.807, 2.05) is 36.4 Å². The van der Waals surface area contributed by atoms with Gasteiger partial charge in [0.1, 0.15) is 6.04 Å². The number of urea groups is 1. The molecule has 1 aromatic heterocycles. The SMILES string of the molecule is Cc1ccccc1S(=O)(=O)NC(Cc1ccc(-c2cccc(NC(=O)NCc3cccnc3)c2)cc1)C(=O)O. The van der Waals surface area contributed by atoms with Crippen LogP contribution in [0.25, 0.3) is 11.1 Å². The first-order valence-corrected chi connectivity index (χ1v) is 13.6. The summed E-state index contributed by atoms with van der Waals surface area (Å²) in [6, 6.07) is 22.9. The Balaban J connectivity index is 1.40. The van der Waals surface area contributed by atoms with Gasteiger partial charge in [-0.2, -0.15) is 4.72 Å². The van der Waals surface area contributed by atoms with Crippen molar-refractivity contribution in [1.29, 1.82) is 0 Å². The van der Waals surface area contributed by atoms with Crippen LogP contribution in [0.2, 0.25) is 0 Å². The molecule has 0 aliphatic rings. The number of aromatic nitrogens is 1. The molecule has 1 unspecified atom stereocenters. The number of anilines is 1. The number of hydrogen-bond acceptors (Lipinski definition) is 5. The predicted molar refractivity (Wildman–Crippen MR) is 149 cm³/mol. The molecule has 200 valence electrons. The number of amides is 2. The van der Waals surface area contributed by atoms with Crippen molar-refractivity contribution in [2.45, 2.75) is 30.8 Å². The topological polar surface area (TPSA) is 137 Å². The Bertz CT molecular complexity index is 1560. The van der Waals surface area contributed by atoms with Crippen LogP contribution in [0.15, 0.2) is 102 Å². The molecule has 0 spiro atoms. The molecule has 4 rings (SSSR count). The monoisotopic (exact) mass is 544 g/mol. The van der Waals surface area contributed by atoms with Gasteiger partial charge in [0.25, 0.3) is 0 Å². The second-order valence-corrected chi connectivity index (χ2v) is 10.6. The van der Waals surface area contributed by atoms with Gasteiger partial charge >= 0.3 is 12.0 Å². The summed E-state index contributed by atoms with van der Waals surface area (Å²) < 4.78 is 27.9. The van der Waals surface area contributed by atoms with E-state index >= 15 is 0 Å². The van der Waals surface area contributed by atoms with Gasteiger partial charge < -0.3 is 15.7 Å².